The van der Waals surface area contributed by atoms with Gasteiger partial charge in [0, 0.05) is 29.9 Å². The monoisotopic (exact) mass is 377 g/mol. The van der Waals surface area contributed by atoms with E-state index in [9.17, 15) is 0 Å². The zero-order valence-corrected chi connectivity index (χ0v) is 16.2. The topological polar surface area (TPSA) is 54.8 Å². The number of hydrogen-bond acceptors (Lipinski definition) is 3. The molecule has 0 saturated heterocycles. The van der Waals surface area contributed by atoms with Crippen LogP contribution in [0.1, 0.15) is 30.7 Å². The van der Waals surface area contributed by atoms with Gasteiger partial charge >= 0.3 is 0 Å². The van der Waals surface area contributed by atoms with Gasteiger partial charge in [-0.2, -0.15) is 0 Å². The van der Waals surface area contributed by atoms with Crippen molar-refractivity contribution in [3.05, 3.63) is 59.9 Å². The van der Waals surface area contributed by atoms with E-state index < -0.39 is 0 Å². The summed E-state index contributed by atoms with van der Waals surface area (Å²) in [6.07, 6.45) is 4.67. The van der Waals surface area contributed by atoms with Crippen molar-refractivity contribution < 1.29 is 0 Å². The Balaban J connectivity index is 1.44. The molecule has 0 radical (unpaired) electrons. The Kier molecular flexibility index (Phi) is 5.16. The number of rotatable bonds is 3. The molecule has 1 aromatic heterocycles. The molecule has 3 aromatic rings. The molecular weight excluding hydrogens is 354 g/mol. The third-order valence-corrected chi connectivity index (χ3v) is 5.02. The number of nitrogens with zero attached hydrogens (tertiary/aromatic N) is 3. The lowest BCUT2D eigenvalue weighted by atomic mass is 10.2. The van der Waals surface area contributed by atoms with E-state index in [1.807, 2.05) is 24.3 Å². The lowest BCUT2D eigenvalue weighted by Crippen LogP contribution is -2.18. The van der Waals surface area contributed by atoms with Crippen LogP contribution in [0, 0.1) is 6.92 Å². The Hall–Kier alpha value is -2.73. The van der Waals surface area contributed by atoms with Crippen molar-refractivity contribution in [3.63, 3.8) is 0 Å². The molecule has 2 heterocycles. The van der Waals surface area contributed by atoms with E-state index in [2.05, 4.69) is 56.6 Å². The summed E-state index contributed by atoms with van der Waals surface area (Å²) in [5.41, 5.74) is 4.22. The molecular formula is C21H23N5S. The molecule has 0 saturated carbocycles. The van der Waals surface area contributed by atoms with Gasteiger partial charge in [0.15, 0.2) is 10.9 Å². The fourth-order valence-electron chi connectivity index (χ4n) is 3.33. The average molecular weight is 378 g/mol. The van der Waals surface area contributed by atoms with E-state index >= 15 is 0 Å². The molecule has 6 heteroatoms. The van der Waals surface area contributed by atoms with Gasteiger partial charge in [-0.15, -0.1) is 10.2 Å². The van der Waals surface area contributed by atoms with Gasteiger partial charge in [0.1, 0.15) is 5.82 Å². The van der Waals surface area contributed by atoms with Crippen molar-refractivity contribution in [2.75, 3.05) is 10.6 Å². The molecule has 2 aromatic carbocycles. The average Bonchev–Trinajstić information content (AvgIpc) is 2.92. The van der Waals surface area contributed by atoms with Gasteiger partial charge in [-0.3, -0.25) is 0 Å². The van der Waals surface area contributed by atoms with E-state index in [1.54, 1.807) is 0 Å². The SMILES string of the molecule is Cc1ccc(NC(=S)Nc2ccc(-c3nnc4n3CCCCC4)cc2)cc1. The highest BCUT2D eigenvalue weighted by atomic mass is 32.1. The van der Waals surface area contributed by atoms with Crippen LogP contribution in [0.4, 0.5) is 11.4 Å². The molecule has 1 aliphatic heterocycles. The first kappa shape index (κ1) is 17.7. The maximum absolute atomic E-state index is 5.41. The molecule has 2 N–H and O–H groups in total. The first-order valence-electron chi connectivity index (χ1n) is 9.36. The number of aryl methyl sites for hydroxylation is 2. The Morgan fingerprint density at radius 1 is 0.889 bits per heavy atom. The quantitative estimate of drug-likeness (QED) is 0.643. The van der Waals surface area contributed by atoms with Crippen molar-refractivity contribution in [3.8, 4) is 11.4 Å². The minimum absolute atomic E-state index is 0.572. The Morgan fingerprint density at radius 2 is 1.56 bits per heavy atom. The maximum atomic E-state index is 5.41. The summed E-state index contributed by atoms with van der Waals surface area (Å²) in [5, 5.41) is 15.8. The lowest BCUT2D eigenvalue weighted by molar-refractivity contribution is 0.636. The smallest absolute Gasteiger partial charge is 0.175 e. The number of hydrogen-bond donors (Lipinski definition) is 2. The summed E-state index contributed by atoms with van der Waals surface area (Å²) in [6, 6.07) is 16.3. The number of fused-ring (bicyclic) bond motifs is 1. The van der Waals surface area contributed by atoms with Crippen molar-refractivity contribution in [1.29, 1.82) is 0 Å². The van der Waals surface area contributed by atoms with Gasteiger partial charge < -0.3 is 15.2 Å². The third kappa shape index (κ3) is 4.17. The van der Waals surface area contributed by atoms with Crippen LogP contribution in [-0.2, 0) is 13.0 Å². The zero-order chi connectivity index (χ0) is 18.6. The fourth-order valence-corrected chi connectivity index (χ4v) is 3.57. The minimum Gasteiger partial charge on any atom is -0.332 e. The van der Waals surface area contributed by atoms with E-state index in [4.69, 9.17) is 12.2 Å². The predicted molar refractivity (Wildman–Crippen MR) is 114 cm³/mol. The number of benzene rings is 2. The Morgan fingerprint density at radius 3 is 2.26 bits per heavy atom. The molecule has 4 rings (SSSR count). The van der Waals surface area contributed by atoms with E-state index in [-0.39, 0.29) is 0 Å². The summed E-state index contributed by atoms with van der Waals surface area (Å²) in [6.45, 7) is 3.07. The van der Waals surface area contributed by atoms with Crippen LogP contribution < -0.4 is 10.6 Å². The lowest BCUT2D eigenvalue weighted by Gasteiger charge is -2.12. The summed E-state index contributed by atoms with van der Waals surface area (Å²) >= 11 is 5.41. The van der Waals surface area contributed by atoms with Crippen LogP contribution in [0.15, 0.2) is 48.5 Å². The molecule has 0 fully saturated rings. The first-order chi connectivity index (χ1) is 13.2. The van der Waals surface area contributed by atoms with Crippen LogP contribution in [0.3, 0.4) is 0 Å². The predicted octanol–water partition coefficient (Wildman–Crippen LogP) is 4.79. The number of thiocarbonyl (C=S) groups is 1. The van der Waals surface area contributed by atoms with Crippen molar-refractivity contribution in [1.82, 2.24) is 14.8 Å². The number of aromatic nitrogens is 3. The van der Waals surface area contributed by atoms with Gasteiger partial charge in [0.25, 0.3) is 0 Å². The second kappa shape index (κ2) is 7.88. The molecule has 1 aliphatic rings. The van der Waals surface area contributed by atoms with Crippen LogP contribution in [0.5, 0.6) is 0 Å². The van der Waals surface area contributed by atoms with Crippen molar-refractivity contribution in [2.24, 2.45) is 0 Å². The van der Waals surface area contributed by atoms with E-state index in [1.165, 1.54) is 24.8 Å². The van der Waals surface area contributed by atoms with Crippen molar-refractivity contribution >= 4 is 28.7 Å². The highest BCUT2D eigenvalue weighted by Crippen LogP contribution is 2.24. The minimum atomic E-state index is 0.572. The van der Waals surface area contributed by atoms with Crippen LogP contribution in [-0.4, -0.2) is 19.9 Å². The normalized spacial score (nSPS) is 13.5. The Bertz CT molecular complexity index is 928. The summed E-state index contributed by atoms with van der Waals surface area (Å²) in [7, 11) is 0. The van der Waals surface area contributed by atoms with Crippen LogP contribution in [0.2, 0.25) is 0 Å². The van der Waals surface area contributed by atoms with Crippen LogP contribution in [0.25, 0.3) is 11.4 Å². The first-order valence-corrected chi connectivity index (χ1v) is 9.77. The molecule has 138 valence electrons. The molecule has 0 spiro atoms. The maximum Gasteiger partial charge on any atom is 0.175 e. The molecule has 0 bridgehead atoms. The highest BCUT2D eigenvalue weighted by Gasteiger charge is 2.15. The standard InChI is InChI=1S/C21H23N5S/c1-15-6-10-17(11-7-15)22-21(27)23-18-12-8-16(9-13-18)20-25-24-19-5-3-2-4-14-26(19)20/h6-13H,2-5,14H2,1H3,(H2,22,23,27). The van der Waals surface area contributed by atoms with Gasteiger partial charge in [-0.05, 0) is 68.4 Å². The molecule has 0 atom stereocenters. The largest absolute Gasteiger partial charge is 0.332 e. The molecule has 0 unspecified atom stereocenters. The second-order valence-corrected chi connectivity index (χ2v) is 7.33. The summed E-state index contributed by atoms with van der Waals surface area (Å²) in [4.78, 5) is 0. The van der Waals surface area contributed by atoms with E-state index in [0.29, 0.717) is 5.11 Å². The second-order valence-electron chi connectivity index (χ2n) is 6.92. The van der Waals surface area contributed by atoms with Gasteiger partial charge in [0.05, 0.1) is 0 Å². The molecule has 5 nitrogen and oxygen atoms in total. The van der Waals surface area contributed by atoms with Crippen molar-refractivity contribution in [2.45, 2.75) is 39.2 Å². The highest BCUT2D eigenvalue weighted by molar-refractivity contribution is 7.80. The summed E-state index contributed by atoms with van der Waals surface area (Å²) < 4.78 is 2.26. The van der Waals surface area contributed by atoms with Gasteiger partial charge in [-0.25, -0.2) is 0 Å². The van der Waals surface area contributed by atoms with Gasteiger partial charge in [0.2, 0.25) is 0 Å². The third-order valence-electron chi connectivity index (χ3n) is 4.82. The van der Waals surface area contributed by atoms with Gasteiger partial charge in [-0.1, -0.05) is 24.1 Å². The zero-order valence-electron chi connectivity index (χ0n) is 15.4. The molecule has 0 amide bonds. The molecule has 27 heavy (non-hydrogen) atoms. The Labute approximate surface area is 164 Å². The number of nitrogens with one attached hydrogen (secondary N) is 2. The van der Waals surface area contributed by atoms with Crippen LogP contribution >= 0.6 is 12.2 Å². The summed E-state index contributed by atoms with van der Waals surface area (Å²) in [5.74, 6) is 2.06. The number of anilines is 2. The fraction of sp³-hybridized carbons (Fsp3) is 0.286. The molecule has 0 aliphatic carbocycles. The van der Waals surface area contributed by atoms with E-state index in [0.717, 1.165) is 41.6 Å².